The fourth-order valence-electron chi connectivity index (χ4n) is 1.74. The number of hydrogen-bond acceptors (Lipinski definition) is 4. The summed E-state index contributed by atoms with van der Waals surface area (Å²) in [4.78, 5) is 4.78. The zero-order chi connectivity index (χ0) is 10.1. The van der Waals surface area contributed by atoms with Gasteiger partial charge in [-0.1, -0.05) is 12.2 Å². The lowest BCUT2D eigenvalue weighted by molar-refractivity contribution is 0.331. The van der Waals surface area contributed by atoms with Crippen LogP contribution in [0.1, 0.15) is 17.5 Å². The number of anilines is 2. The Kier molecular flexibility index (Phi) is 2.05. The molecule has 0 fully saturated rings. The fourth-order valence-corrected chi connectivity index (χ4v) is 1.74. The van der Waals surface area contributed by atoms with E-state index in [0.717, 1.165) is 24.0 Å². The first-order valence-corrected chi connectivity index (χ1v) is 4.48. The molecule has 2 rings (SSSR count). The molecule has 1 aliphatic carbocycles. The highest BCUT2D eigenvalue weighted by atomic mass is 16.6. The number of nitrogens with two attached hydrogens (primary N) is 3. The first-order valence-electron chi connectivity index (χ1n) is 4.48. The van der Waals surface area contributed by atoms with Gasteiger partial charge in [-0.05, 0) is 12.8 Å². The molecule has 0 aliphatic heterocycles. The molecule has 1 aromatic carbocycles. The Morgan fingerprint density at radius 1 is 1.29 bits per heavy atom. The minimum absolute atomic E-state index is 0.510. The highest BCUT2D eigenvalue weighted by Gasteiger charge is 2.15. The van der Waals surface area contributed by atoms with E-state index in [1.807, 2.05) is 6.08 Å². The topological polar surface area (TPSA) is 87.3 Å². The molecule has 0 saturated carbocycles. The molecule has 4 heteroatoms. The minimum atomic E-state index is 0.510. The van der Waals surface area contributed by atoms with Crippen molar-refractivity contribution in [1.29, 1.82) is 0 Å². The van der Waals surface area contributed by atoms with Gasteiger partial charge in [-0.3, -0.25) is 0 Å². The van der Waals surface area contributed by atoms with Gasteiger partial charge in [-0.25, -0.2) is 0 Å². The molecule has 1 aromatic rings. The van der Waals surface area contributed by atoms with Crippen LogP contribution in [0.2, 0.25) is 0 Å². The summed E-state index contributed by atoms with van der Waals surface area (Å²) in [6.07, 6.45) is 5.90. The monoisotopic (exact) mass is 191 g/mol. The molecule has 0 atom stereocenters. The third-order valence-corrected chi connectivity index (χ3v) is 2.48. The third-order valence-electron chi connectivity index (χ3n) is 2.48. The zero-order valence-electron chi connectivity index (χ0n) is 7.79. The molecule has 0 spiro atoms. The number of rotatable bonds is 1. The molecule has 0 aromatic heterocycles. The summed E-state index contributed by atoms with van der Waals surface area (Å²) in [5.41, 5.74) is 14.7. The Balaban J connectivity index is 2.68. The van der Waals surface area contributed by atoms with Crippen molar-refractivity contribution in [2.24, 2.45) is 5.90 Å². The molecular weight excluding hydrogens is 178 g/mol. The molecule has 0 bridgehead atoms. The Bertz CT molecular complexity index is 399. The molecule has 6 N–H and O–H groups in total. The van der Waals surface area contributed by atoms with Gasteiger partial charge in [0, 0.05) is 17.2 Å². The first kappa shape index (κ1) is 8.90. The van der Waals surface area contributed by atoms with Crippen molar-refractivity contribution < 1.29 is 4.84 Å². The standard InChI is InChI=1S/C10H13N3O/c11-8-5-9(14-13)6-3-1-2-4-7(6)10(8)12/h2,4-5H,1,3,11-13H2. The van der Waals surface area contributed by atoms with Crippen molar-refractivity contribution in [2.75, 3.05) is 11.5 Å². The average Bonchev–Trinajstić information content (AvgIpc) is 2.23. The molecule has 0 amide bonds. The molecule has 1 aliphatic rings. The maximum absolute atomic E-state index is 5.85. The second-order valence-corrected chi connectivity index (χ2v) is 3.33. The van der Waals surface area contributed by atoms with Crippen LogP contribution in [0.15, 0.2) is 12.1 Å². The van der Waals surface area contributed by atoms with E-state index < -0.39 is 0 Å². The molecule has 14 heavy (non-hydrogen) atoms. The Hall–Kier alpha value is -1.68. The lowest BCUT2D eigenvalue weighted by Gasteiger charge is -2.17. The molecule has 74 valence electrons. The Labute approximate surface area is 82.3 Å². The SMILES string of the molecule is NOc1cc(N)c(N)c2c1CCC=C2. The van der Waals surface area contributed by atoms with Crippen molar-refractivity contribution in [3.05, 3.63) is 23.3 Å². The van der Waals surface area contributed by atoms with Gasteiger partial charge in [0.1, 0.15) is 0 Å². The van der Waals surface area contributed by atoms with Gasteiger partial charge in [-0.15, -0.1) is 0 Å². The molecule has 0 saturated heterocycles. The van der Waals surface area contributed by atoms with Gasteiger partial charge in [0.15, 0.2) is 5.75 Å². The van der Waals surface area contributed by atoms with E-state index in [1.165, 1.54) is 0 Å². The maximum atomic E-state index is 5.85. The van der Waals surface area contributed by atoms with Crippen LogP contribution in [0, 0.1) is 0 Å². The van der Waals surface area contributed by atoms with Crippen LogP contribution in [0.5, 0.6) is 5.75 Å². The van der Waals surface area contributed by atoms with E-state index in [9.17, 15) is 0 Å². The summed E-state index contributed by atoms with van der Waals surface area (Å²) in [5.74, 6) is 5.79. The predicted octanol–water partition coefficient (Wildman–Crippen LogP) is 1.06. The summed E-state index contributed by atoms with van der Waals surface area (Å²) in [7, 11) is 0. The van der Waals surface area contributed by atoms with Crippen LogP contribution in [0.25, 0.3) is 6.08 Å². The van der Waals surface area contributed by atoms with Crippen molar-refractivity contribution in [1.82, 2.24) is 0 Å². The Morgan fingerprint density at radius 2 is 2.07 bits per heavy atom. The second kappa shape index (κ2) is 3.23. The molecule has 0 heterocycles. The highest BCUT2D eigenvalue weighted by molar-refractivity contribution is 5.81. The van der Waals surface area contributed by atoms with Gasteiger partial charge < -0.3 is 16.3 Å². The van der Waals surface area contributed by atoms with Gasteiger partial charge in [0.2, 0.25) is 0 Å². The fraction of sp³-hybridized carbons (Fsp3) is 0.200. The van der Waals surface area contributed by atoms with Crippen molar-refractivity contribution in [3.8, 4) is 5.75 Å². The smallest absolute Gasteiger partial charge is 0.152 e. The number of fused-ring (bicyclic) bond motifs is 1. The quantitative estimate of drug-likeness (QED) is 0.457. The number of nitrogen functional groups attached to an aromatic ring is 2. The van der Waals surface area contributed by atoms with Crippen molar-refractivity contribution in [2.45, 2.75) is 12.8 Å². The minimum Gasteiger partial charge on any atom is -0.411 e. The van der Waals surface area contributed by atoms with E-state index in [2.05, 4.69) is 6.08 Å². The first-order chi connectivity index (χ1) is 6.74. The van der Waals surface area contributed by atoms with Crippen LogP contribution in [0.3, 0.4) is 0 Å². The van der Waals surface area contributed by atoms with Gasteiger partial charge in [0.05, 0.1) is 11.4 Å². The van der Waals surface area contributed by atoms with Crippen molar-refractivity contribution in [3.63, 3.8) is 0 Å². The lowest BCUT2D eigenvalue weighted by Crippen LogP contribution is -2.10. The Morgan fingerprint density at radius 3 is 2.79 bits per heavy atom. The van der Waals surface area contributed by atoms with Crippen LogP contribution in [-0.4, -0.2) is 0 Å². The molecule has 0 radical (unpaired) electrons. The summed E-state index contributed by atoms with van der Waals surface area (Å²) >= 11 is 0. The van der Waals surface area contributed by atoms with E-state index in [-0.39, 0.29) is 0 Å². The van der Waals surface area contributed by atoms with Crippen LogP contribution in [0.4, 0.5) is 11.4 Å². The van der Waals surface area contributed by atoms with E-state index in [1.54, 1.807) is 6.07 Å². The van der Waals surface area contributed by atoms with Crippen LogP contribution < -0.4 is 22.2 Å². The summed E-state index contributed by atoms with van der Waals surface area (Å²) in [6, 6.07) is 1.67. The third kappa shape index (κ3) is 1.20. The van der Waals surface area contributed by atoms with Gasteiger partial charge in [0.25, 0.3) is 0 Å². The second-order valence-electron chi connectivity index (χ2n) is 3.33. The summed E-state index contributed by atoms with van der Waals surface area (Å²) in [5, 5.41) is 0. The highest BCUT2D eigenvalue weighted by Crippen LogP contribution is 2.36. The maximum Gasteiger partial charge on any atom is 0.152 e. The molecular formula is C10H13N3O. The zero-order valence-corrected chi connectivity index (χ0v) is 7.79. The molecule has 4 nitrogen and oxygen atoms in total. The lowest BCUT2D eigenvalue weighted by atomic mass is 9.94. The summed E-state index contributed by atoms with van der Waals surface area (Å²) in [6.45, 7) is 0. The van der Waals surface area contributed by atoms with Crippen molar-refractivity contribution >= 4 is 17.5 Å². The number of hydrogen-bond donors (Lipinski definition) is 3. The number of benzene rings is 1. The van der Waals surface area contributed by atoms with E-state index >= 15 is 0 Å². The van der Waals surface area contributed by atoms with Gasteiger partial charge >= 0.3 is 0 Å². The number of allylic oxidation sites excluding steroid dienone is 1. The largest absolute Gasteiger partial charge is 0.411 e. The predicted molar refractivity (Wildman–Crippen MR) is 57.4 cm³/mol. The molecule has 0 unspecified atom stereocenters. The van der Waals surface area contributed by atoms with E-state index in [0.29, 0.717) is 17.1 Å². The van der Waals surface area contributed by atoms with Gasteiger partial charge in [-0.2, -0.15) is 5.90 Å². The normalized spacial score (nSPS) is 13.8. The van der Waals surface area contributed by atoms with Crippen LogP contribution >= 0.6 is 0 Å². The van der Waals surface area contributed by atoms with Crippen LogP contribution in [-0.2, 0) is 6.42 Å². The summed E-state index contributed by atoms with van der Waals surface area (Å²) < 4.78 is 0. The average molecular weight is 191 g/mol. The van der Waals surface area contributed by atoms with E-state index in [4.69, 9.17) is 22.2 Å².